The number of benzene rings is 1. The monoisotopic (exact) mass is 435 g/mol. The van der Waals surface area contributed by atoms with E-state index in [-0.39, 0.29) is 29.6 Å². The van der Waals surface area contributed by atoms with Gasteiger partial charge in [-0.15, -0.1) is 0 Å². The van der Waals surface area contributed by atoms with Crippen molar-refractivity contribution in [1.82, 2.24) is 18.8 Å². The molecule has 1 amide bonds. The summed E-state index contributed by atoms with van der Waals surface area (Å²) in [5.74, 6) is 0.565. The van der Waals surface area contributed by atoms with E-state index in [1.807, 2.05) is 43.9 Å². The van der Waals surface area contributed by atoms with Crippen LogP contribution in [0.25, 0.3) is 0 Å². The SMILES string of the molecule is COc1cccc(NC(=O)CN2C[C@@H](C)N(S(=O)(=O)c3cn(C)cn3)[C@@H](C)C2)c1C. The molecule has 3 rings (SSSR count). The lowest BCUT2D eigenvalue weighted by atomic mass is 10.1. The van der Waals surface area contributed by atoms with E-state index < -0.39 is 10.0 Å². The number of imidazole rings is 1. The number of rotatable bonds is 6. The summed E-state index contributed by atoms with van der Waals surface area (Å²) in [5, 5.41) is 2.97. The van der Waals surface area contributed by atoms with Gasteiger partial charge in [0.25, 0.3) is 10.0 Å². The van der Waals surface area contributed by atoms with Gasteiger partial charge in [0.2, 0.25) is 5.91 Å². The topological polar surface area (TPSA) is 96.8 Å². The second-order valence-electron chi connectivity index (χ2n) is 7.79. The normalized spacial score (nSPS) is 20.8. The van der Waals surface area contributed by atoms with Crippen LogP contribution in [0.4, 0.5) is 5.69 Å². The molecule has 0 spiro atoms. The van der Waals surface area contributed by atoms with Gasteiger partial charge in [-0.3, -0.25) is 9.69 Å². The van der Waals surface area contributed by atoms with E-state index in [1.165, 1.54) is 16.8 Å². The quantitative estimate of drug-likeness (QED) is 0.738. The van der Waals surface area contributed by atoms with Crippen LogP contribution in [0.2, 0.25) is 0 Å². The number of piperazine rings is 1. The largest absolute Gasteiger partial charge is 0.496 e. The second-order valence-corrected chi connectivity index (χ2v) is 9.58. The number of carbonyl (C=O) groups excluding carboxylic acids is 1. The molecule has 1 aromatic heterocycles. The molecule has 0 saturated carbocycles. The Morgan fingerprint density at radius 2 is 1.93 bits per heavy atom. The molecule has 164 valence electrons. The van der Waals surface area contributed by atoms with Gasteiger partial charge >= 0.3 is 0 Å². The highest BCUT2D eigenvalue weighted by Gasteiger charge is 2.39. The van der Waals surface area contributed by atoms with Gasteiger partial charge in [-0.25, -0.2) is 13.4 Å². The Balaban J connectivity index is 1.66. The molecule has 2 heterocycles. The van der Waals surface area contributed by atoms with E-state index in [9.17, 15) is 13.2 Å². The summed E-state index contributed by atoms with van der Waals surface area (Å²) in [5.41, 5.74) is 1.57. The van der Waals surface area contributed by atoms with E-state index in [1.54, 1.807) is 18.7 Å². The molecular weight excluding hydrogens is 406 g/mol. The van der Waals surface area contributed by atoms with E-state index >= 15 is 0 Å². The predicted octanol–water partition coefficient (Wildman–Crippen LogP) is 1.46. The fourth-order valence-corrected chi connectivity index (χ4v) is 5.79. The highest BCUT2D eigenvalue weighted by molar-refractivity contribution is 7.89. The van der Waals surface area contributed by atoms with Gasteiger partial charge in [0.05, 0.1) is 20.0 Å². The number of methoxy groups -OCH3 is 1. The molecule has 1 N–H and O–H groups in total. The van der Waals surface area contributed by atoms with Crippen LogP contribution in [0.3, 0.4) is 0 Å². The van der Waals surface area contributed by atoms with Gasteiger partial charge in [0.15, 0.2) is 5.03 Å². The number of hydrogen-bond donors (Lipinski definition) is 1. The molecular formula is C20H29N5O4S. The summed E-state index contributed by atoms with van der Waals surface area (Å²) in [6, 6.07) is 4.93. The number of ether oxygens (including phenoxy) is 1. The fourth-order valence-electron chi connectivity index (χ4n) is 4.01. The summed E-state index contributed by atoms with van der Waals surface area (Å²) in [6.45, 7) is 6.70. The van der Waals surface area contributed by atoms with Gasteiger partial charge in [0, 0.05) is 49.7 Å². The van der Waals surface area contributed by atoms with E-state index in [0.29, 0.717) is 24.5 Å². The number of hydrogen-bond acceptors (Lipinski definition) is 6. The second kappa shape index (κ2) is 8.75. The van der Waals surface area contributed by atoms with Crippen molar-refractivity contribution >= 4 is 21.6 Å². The third kappa shape index (κ3) is 4.50. The van der Waals surface area contributed by atoms with Crippen molar-refractivity contribution in [2.75, 3.05) is 32.1 Å². The molecule has 1 aromatic carbocycles. The van der Waals surface area contributed by atoms with Crippen LogP contribution in [-0.4, -0.2) is 71.9 Å². The number of nitrogens with one attached hydrogen (secondary N) is 1. The lowest BCUT2D eigenvalue weighted by Gasteiger charge is -2.42. The average molecular weight is 436 g/mol. The zero-order valence-electron chi connectivity index (χ0n) is 18.0. The summed E-state index contributed by atoms with van der Waals surface area (Å²) in [6.07, 6.45) is 2.98. The van der Waals surface area contributed by atoms with Crippen LogP contribution in [0.15, 0.2) is 35.7 Å². The maximum absolute atomic E-state index is 13.0. The van der Waals surface area contributed by atoms with Crippen LogP contribution < -0.4 is 10.1 Å². The molecule has 1 fully saturated rings. The van der Waals surface area contributed by atoms with Gasteiger partial charge in [0.1, 0.15) is 5.75 Å². The molecule has 1 saturated heterocycles. The predicted molar refractivity (Wildman–Crippen MR) is 114 cm³/mol. The zero-order chi connectivity index (χ0) is 22.1. The van der Waals surface area contributed by atoms with Crippen LogP contribution in [0.1, 0.15) is 19.4 Å². The van der Waals surface area contributed by atoms with Gasteiger partial charge in [-0.05, 0) is 32.9 Å². The number of aromatic nitrogens is 2. The molecule has 0 bridgehead atoms. The van der Waals surface area contributed by atoms with E-state index in [2.05, 4.69) is 10.3 Å². The molecule has 1 aliphatic heterocycles. The highest BCUT2D eigenvalue weighted by Crippen LogP contribution is 2.26. The molecule has 2 aromatic rings. The molecule has 2 atom stereocenters. The highest BCUT2D eigenvalue weighted by atomic mass is 32.2. The Morgan fingerprint density at radius 3 is 2.50 bits per heavy atom. The maximum atomic E-state index is 13.0. The minimum atomic E-state index is -3.69. The summed E-state index contributed by atoms with van der Waals surface area (Å²) in [4.78, 5) is 18.6. The molecule has 0 unspecified atom stereocenters. The first-order valence-corrected chi connectivity index (χ1v) is 11.2. The number of sulfonamides is 1. The third-order valence-electron chi connectivity index (χ3n) is 5.28. The minimum absolute atomic E-state index is 0.0448. The Kier molecular flexibility index (Phi) is 6.49. The Hall–Kier alpha value is -2.43. The summed E-state index contributed by atoms with van der Waals surface area (Å²) < 4.78 is 34.5. The standard InChI is InChI=1S/C20H29N5O4S/c1-14-9-24(11-19(26)22-17-7-6-8-18(29-5)16(17)3)10-15(2)25(14)30(27,28)20-12-23(4)13-21-20/h6-8,12-15H,9-11H2,1-5H3,(H,22,26)/t14-,15+. The van der Waals surface area contributed by atoms with Gasteiger partial charge < -0.3 is 14.6 Å². The van der Waals surface area contributed by atoms with Crippen molar-refractivity contribution in [1.29, 1.82) is 0 Å². The first-order chi connectivity index (χ1) is 14.1. The fraction of sp³-hybridized carbons (Fsp3) is 0.500. The third-order valence-corrected chi connectivity index (χ3v) is 7.30. The van der Waals surface area contributed by atoms with Gasteiger partial charge in [-0.2, -0.15) is 4.31 Å². The van der Waals surface area contributed by atoms with Crippen molar-refractivity contribution in [2.45, 2.75) is 37.9 Å². The number of nitrogens with zero attached hydrogens (tertiary/aromatic N) is 4. The van der Waals surface area contributed by atoms with Crippen molar-refractivity contribution in [3.8, 4) is 5.75 Å². The molecule has 10 heteroatoms. The molecule has 9 nitrogen and oxygen atoms in total. The minimum Gasteiger partial charge on any atom is -0.496 e. The lowest BCUT2D eigenvalue weighted by molar-refractivity contribution is -0.118. The molecule has 0 aliphatic carbocycles. The van der Waals surface area contributed by atoms with Crippen LogP contribution >= 0.6 is 0 Å². The average Bonchev–Trinajstić information content (AvgIpc) is 3.10. The lowest BCUT2D eigenvalue weighted by Crippen LogP contribution is -2.59. The Bertz CT molecular complexity index is 1010. The maximum Gasteiger partial charge on any atom is 0.262 e. The number of carbonyl (C=O) groups is 1. The number of amides is 1. The van der Waals surface area contributed by atoms with Crippen molar-refractivity contribution < 1.29 is 17.9 Å². The molecule has 1 aliphatic rings. The zero-order valence-corrected chi connectivity index (χ0v) is 18.8. The van der Waals surface area contributed by atoms with Gasteiger partial charge in [-0.1, -0.05) is 6.07 Å². The van der Waals surface area contributed by atoms with Crippen LogP contribution in [-0.2, 0) is 21.9 Å². The summed E-state index contributed by atoms with van der Waals surface area (Å²) in [7, 11) is -0.365. The first-order valence-electron chi connectivity index (χ1n) is 9.80. The van der Waals surface area contributed by atoms with Crippen molar-refractivity contribution in [2.24, 2.45) is 7.05 Å². The van der Waals surface area contributed by atoms with Crippen molar-refractivity contribution in [3.05, 3.63) is 36.3 Å². The van der Waals surface area contributed by atoms with Crippen LogP contribution in [0, 0.1) is 6.92 Å². The molecule has 30 heavy (non-hydrogen) atoms. The summed E-state index contributed by atoms with van der Waals surface area (Å²) >= 11 is 0. The van der Waals surface area contributed by atoms with Crippen LogP contribution in [0.5, 0.6) is 5.75 Å². The van der Waals surface area contributed by atoms with E-state index in [4.69, 9.17) is 4.74 Å². The van der Waals surface area contributed by atoms with Crippen molar-refractivity contribution in [3.63, 3.8) is 0 Å². The smallest absolute Gasteiger partial charge is 0.262 e. The molecule has 0 radical (unpaired) electrons. The first kappa shape index (κ1) is 22.3. The number of aryl methyl sites for hydroxylation is 1. The Labute approximate surface area is 177 Å². The Morgan fingerprint density at radius 1 is 1.27 bits per heavy atom. The van der Waals surface area contributed by atoms with E-state index in [0.717, 1.165) is 5.56 Å². The number of anilines is 1.